The Bertz CT molecular complexity index is 944. The largest absolute Gasteiger partial charge is 0.386 e. The fourth-order valence-electron chi connectivity index (χ4n) is 4.99. The van der Waals surface area contributed by atoms with Crippen LogP contribution < -0.4 is 4.90 Å². The summed E-state index contributed by atoms with van der Waals surface area (Å²) in [7, 11) is -3.43. The van der Waals surface area contributed by atoms with Gasteiger partial charge < -0.3 is 10.0 Å². The van der Waals surface area contributed by atoms with Gasteiger partial charge in [0.25, 0.3) is 10.0 Å². The van der Waals surface area contributed by atoms with Gasteiger partial charge in [-0.05, 0) is 55.3 Å². The summed E-state index contributed by atoms with van der Waals surface area (Å²) in [6.07, 6.45) is 7.43. The summed E-state index contributed by atoms with van der Waals surface area (Å²) in [5.74, 6) is 0.668. The molecule has 1 aromatic carbocycles. The van der Waals surface area contributed by atoms with Crippen molar-refractivity contribution in [3.05, 3.63) is 47.3 Å². The van der Waals surface area contributed by atoms with Crippen LogP contribution in [0.15, 0.2) is 46.0 Å². The topological polar surface area (TPSA) is 60.9 Å². The number of rotatable bonds is 6. The molecule has 0 amide bonds. The molecule has 2 heterocycles. The van der Waals surface area contributed by atoms with Crippen molar-refractivity contribution in [3.8, 4) is 0 Å². The molecule has 2 fully saturated rings. The fraction of sp³-hybridized carbons (Fsp3) is 0.583. The fourth-order valence-corrected chi connectivity index (χ4v) is 7.61. The minimum atomic E-state index is -3.43. The first-order valence-electron chi connectivity index (χ1n) is 11.4. The first-order valence-corrected chi connectivity index (χ1v) is 13.7. The second-order valence-corrected chi connectivity index (χ2v) is 12.6. The van der Waals surface area contributed by atoms with Crippen LogP contribution in [0.2, 0.25) is 0 Å². The lowest BCUT2D eigenvalue weighted by Crippen LogP contribution is -2.55. The highest BCUT2D eigenvalue weighted by Crippen LogP contribution is 2.34. The highest BCUT2D eigenvalue weighted by Gasteiger charge is 2.36. The molecule has 1 saturated carbocycles. The van der Waals surface area contributed by atoms with Gasteiger partial charge in [-0.1, -0.05) is 50.3 Å². The summed E-state index contributed by atoms with van der Waals surface area (Å²) in [5.41, 5.74) is 1.13. The zero-order valence-electron chi connectivity index (χ0n) is 18.5. The Hall–Kier alpha value is -1.41. The Morgan fingerprint density at radius 2 is 1.77 bits per heavy atom. The third kappa shape index (κ3) is 5.16. The minimum absolute atomic E-state index is 0.166. The lowest BCUT2D eigenvalue weighted by molar-refractivity contribution is 0.0786. The van der Waals surface area contributed by atoms with E-state index in [2.05, 4.69) is 17.0 Å². The minimum Gasteiger partial charge on any atom is -0.386 e. The molecule has 1 aliphatic heterocycles. The van der Waals surface area contributed by atoms with Crippen LogP contribution in [0.25, 0.3) is 0 Å². The zero-order valence-corrected chi connectivity index (χ0v) is 20.2. The first kappa shape index (κ1) is 22.8. The van der Waals surface area contributed by atoms with E-state index >= 15 is 0 Å². The van der Waals surface area contributed by atoms with Crippen molar-refractivity contribution in [3.63, 3.8) is 0 Å². The van der Waals surface area contributed by atoms with Gasteiger partial charge in [-0.2, -0.15) is 4.31 Å². The smallest absolute Gasteiger partial charge is 0.252 e. The Labute approximate surface area is 190 Å². The molecule has 1 N–H and O–H groups in total. The van der Waals surface area contributed by atoms with Crippen molar-refractivity contribution < 1.29 is 13.5 Å². The maximum absolute atomic E-state index is 13.2. The van der Waals surface area contributed by atoms with Gasteiger partial charge in [0.1, 0.15) is 4.21 Å². The number of aliphatic hydroxyl groups is 1. The van der Waals surface area contributed by atoms with Crippen LogP contribution in [0.4, 0.5) is 5.69 Å². The third-order valence-electron chi connectivity index (χ3n) is 6.77. The van der Waals surface area contributed by atoms with E-state index in [1.54, 1.807) is 30.3 Å². The Morgan fingerprint density at radius 3 is 2.39 bits per heavy atom. The molecular formula is C24H34N2O3S2. The molecule has 1 unspecified atom stereocenters. The van der Waals surface area contributed by atoms with Crippen molar-refractivity contribution in [1.82, 2.24) is 4.31 Å². The molecule has 1 atom stereocenters. The van der Waals surface area contributed by atoms with Crippen LogP contribution in [0, 0.1) is 5.92 Å². The van der Waals surface area contributed by atoms with E-state index in [9.17, 15) is 13.5 Å². The van der Waals surface area contributed by atoms with Crippen LogP contribution in [-0.4, -0.2) is 43.5 Å². The molecule has 1 aliphatic carbocycles. The van der Waals surface area contributed by atoms with E-state index in [4.69, 9.17) is 0 Å². The standard InChI is InChI=1S/C24H34N2O3S2/c1-24(2,27)20-10-12-21(13-11-20)26-15-14-25(31(28,29)23-9-6-16-30-23)18-22(26)17-19-7-4-3-5-8-19/h6,9-13,16,19,22,27H,3-5,7-8,14-15,17-18H2,1-2H3. The molecule has 0 bridgehead atoms. The summed E-state index contributed by atoms with van der Waals surface area (Å²) < 4.78 is 28.5. The van der Waals surface area contributed by atoms with Gasteiger partial charge in [-0.3, -0.25) is 0 Å². The quantitative estimate of drug-likeness (QED) is 0.668. The number of hydrogen-bond acceptors (Lipinski definition) is 5. The number of anilines is 1. The molecule has 7 heteroatoms. The van der Waals surface area contributed by atoms with E-state index in [1.165, 1.54) is 43.4 Å². The average molecular weight is 463 g/mol. The Kier molecular flexibility index (Phi) is 6.77. The van der Waals surface area contributed by atoms with E-state index < -0.39 is 15.6 Å². The SMILES string of the molecule is CC(C)(O)c1ccc(N2CCN(S(=O)(=O)c3cccs3)CC2CC2CCCCC2)cc1. The predicted octanol–water partition coefficient (Wildman–Crippen LogP) is 4.83. The molecule has 1 saturated heterocycles. The van der Waals surface area contributed by atoms with Crippen LogP contribution >= 0.6 is 11.3 Å². The van der Waals surface area contributed by atoms with E-state index in [-0.39, 0.29) is 6.04 Å². The third-order valence-corrected chi connectivity index (χ3v) is 10.0. The van der Waals surface area contributed by atoms with Crippen LogP contribution in [-0.2, 0) is 15.6 Å². The summed E-state index contributed by atoms with van der Waals surface area (Å²) in [4.78, 5) is 2.39. The van der Waals surface area contributed by atoms with Crippen molar-refractivity contribution >= 4 is 27.0 Å². The molecule has 0 spiro atoms. The maximum Gasteiger partial charge on any atom is 0.252 e. The molecular weight excluding hydrogens is 428 g/mol. The van der Waals surface area contributed by atoms with Crippen LogP contribution in [0.3, 0.4) is 0 Å². The first-order chi connectivity index (χ1) is 14.7. The number of hydrogen-bond donors (Lipinski definition) is 1. The molecule has 0 radical (unpaired) electrons. The zero-order chi connectivity index (χ0) is 22.1. The van der Waals surface area contributed by atoms with Crippen molar-refractivity contribution in [2.45, 2.75) is 68.2 Å². The number of sulfonamides is 1. The number of piperazine rings is 1. The predicted molar refractivity (Wildman–Crippen MR) is 127 cm³/mol. The van der Waals surface area contributed by atoms with Gasteiger partial charge in [0.15, 0.2) is 0 Å². The van der Waals surface area contributed by atoms with Crippen molar-refractivity contribution in [1.29, 1.82) is 0 Å². The number of nitrogens with zero attached hydrogens (tertiary/aromatic N) is 2. The van der Waals surface area contributed by atoms with Gasteiger partial charge in [0, 0.05) is 31.4 Å². The molecule has 2 aliphatic rings. The monoisotopic (exact) mass is 462 g/mol. The van der Waals surface area contributed by atoms with Crippen LogP contribution in [0.5, 0.6) is 0 Å². The van der Waals surface area contributed by atoms with Gasteiger partial charge >= 0.3 is 0 Å². The maximum atomic E-state index is 13.2. The average Bonchev–Trinajstić information content (AvgIpc) is 3.30. The Balaban J connectivity index is 1.57. The highest BCUT2D eigenvalue weighted by molar-refractivity contribution is 7.91. The van der Waals surface area contributed by atoms with Gasteiger partial charge in [0.05, 0.1) is 5.60 Å². The van der Waals surface area contributed by atoms with Crippen molar-refractivity contribution in [2.24, 2.45) is 5.92 Å². The molecule has 5 nitrogen and oxygen atoms in total. The lowest BCUT2D eigenvalue weighted by atomic mass is 9.84. The molecule has 1 aromatic heterocycles. The number of thiophene rings is 1. The van der Waals surface area contributed by atoms with E-state index in [1.807, 2.05) is 17.5 Å². The van der Waals surface area contributed by atoms with Gasteiger partial charge in [-0.15, -0.1) is 11.3 Å². The van der Waals surface area contributed by atoms with Crippen LogP contribution in [0.1, 0.15) is 57.9 Å². The van der Waals surface area contributed by atoms with E-state index in [0.29, 0.717) is 29.8 Å². The van der Waals surface area contributed by atoms with Gasteiger partial charge in [0.2, 0.25) is 0 Å². The molecule has 4 rings (SSSR count). The summed E-state index contributed by atoms with van der Waals surface area (Å²) >= 11 is 1.29. The summed E-state index contributed by atoms with van der Waals surface area (Å²) in [6.45, 7) is 5.30. The second kappa shape index (κ2) is 9.22. The summed E-state index contributed by atoms with van der Waals surface area (Å²) in [6, 6.07) is 11.8. The van der Waals surface area contributed by atoms with Gasteiger partial charge in [-0.25, -0.2) is 8.42 Å². The molecule has 31 heavy (non-hydrogen) atoms. The van der Waals surface area contributed by atoms with Crippen molar-refractivity contribution in [2.75, 3.05) is 24.5 Å². The molecule has 2 aromatic rings. The lowest BCUT2D eigenvalue weighted by Gasteiger charge is -2.44. The summed E-state index contributed by atoms with van der Waals surface area (Å²) in [5, 5.41) is 12.1. The normalized spacial score (nSPS) is 22.0. The highest BCUT2D eigenvalue weighted by atomic mass is 32.2. The molecule has 170 valence electrons. The second-order valence-electron chi connectivity index (χ2n) is 9.49. The Morgan fingerprint density at radius 1 is 1.06 bits per heavy atom. The number of benzene rings is 1. The van der Waals surface area contributed by atoms with E-state index in [0.717, 1.165) is 17.7 Å².